The lowest BCUT2D eigenvalue weighted by molar-refractivity contribution is -0.118. The van der Waals surface area contributed by atoms with Gasteiger partial charge in [0.1, 0.15) is 0 Å². The van der Waals surface area contributed by atoms with E-state index in [1.807, 2.05) is 81.4 Å². The van der Waals surface area contributed by atoms with Crippen LogP contribution in [0.1, 0.15) is 29.8 Å². The Morgan fingerprint density at radius 2 is 1.56 bits per heavy atom. The number of amides is 2. The molecule has 0 unspecified atom stereocenters. The van der Waals surface area contributed by atoms with Gasteiger partial charge in [-0.05, 0) is 42.0 Å². The molecule has 2 rings (SSSR count). The van der Waals surface area contributed by atoms with E-state index < -0.39 is 0 Å². The third-order valence-corrected chi connectivity index (χ3v) is 3.84. The zero-order chi connectivity index (χ0) is 18.4. The minimum atomic E-state index is -0.109. The van der Waals surface area contributed by atoms with E-state index in [0.717, 1.165) is 16.9 Å². The van der Waals surface area contributed by atoms with Crippen LogP contribution in [0.25, 0.3) is 0 Å². The molecule has 0 fully saturated rings. The maximum atomic E-state index is 12.2. The average Bonchev–Trinajstić information content (AvgIpc) is 2.60. The molecule has 0 radical (unpaired) electrons. The Hall–Kier alpha value is -2.82. The Morgan fingerprint density at radius 1 is 0.960 bits per heavy atom. The van der Waals surface area contributed by atoms with Gasteiger partial charge in [-0.25, -0.2) is 0 Å². The van der Waals surface area contributed by atoms with Crippen molar-refractivity contribution in [2.24, 2.45) is 5.92 Å². The SMILES string of the molecule is CC(C)C(=O)Nc1ccc(CNC(=O)c2ccc(N(C)C)cc2)cc1. The zero-order valence-corrected chi connectivity index (χ0v) is 15.2. The fraction of sp³-hybridized carbons (Fsp3) is 0.300. The Kier molecular flexibility index (Phi) is 6.17. The number of benzene rings is 2. The largest absolute Gasteiger partial charge is 0.378 e. The van der Waals surface area contributed by atoms with E-state index in [9.17, 15) is 9.59 Å². The van der Waals surface area contributed by atoms with Crippen LogP contribution in [0.2, 0.25) is 0 Å². The predicted octanol–water partition coefficient (Wildman–Crippen LogP) is 3.28. The van der Waals surface area contributed by atoms with Crippen molar-refractivity contribution in [1.82, 2.24) is 5.32 Å². The molecule has 132 valence electrons. The first-order valence-corrected chi connectivity index (χ1v) is 8.32. The lowest BCUT2D eigenvalue weighted by atomic mass is 10.1. The van der Waals surface area contributed by atoms with Crippen molar-refractivity contribution in [3.05, 3.63) is 59.7 Å². The van der Waals surface area contributed by atoms with Gasteiger partial charge in [0.25, 0.3) is 5.91 Å². The Morgan fingerprint density at radius 3 is 2.08 bits per heavy atom. The summed E-state index contributed by atoms with van der Waals surface area (Å²) in [5.41, 5.74) is 3.41. The molecular formula is C20H25N3O2. The smallest absolute Gasteiger partial charge is 0.251 e. The van der Waals surface area contributed by atoms with E-state index in [1.165, 1.54) is 0 Å². The first kappa shape index (κ1) is 18.5. The number of nitrogens with zero attached hydrogens (tertiary/aromatic N) is 1. The predicted molar refractivity (Wildman–Crippen MR) is 102 cm³/mol. The maximum Gasteiger partial charge on any atom is 0.251 e. The third-order valence-electron chi connectivity index (χ3n) is 3.84. The van der Waals surface area contributed by atoms with Crippen LogP contribution in [-0.2, 0) is 11.3 Å². The normalized spacial score (nSPS) is 10.4. The van der Waals surface area contributed by atoms with Crippen molar-refractivity contribution in [2.45, 2.75) is 20.4 Å². The van der Waals surface area contributed by atoms with Gasteiger partial charge in [-0.1, -0.05) is 26.0 Å². The molecule has 2 N–H and O–H groups in total. The molecule has 0 heterocycles. The summed E-state index contributed by atoms with van der Waals surface area (Å²) >= 11 is 0. The fourth-order valence-corrected chi connectivity index (χ4v) is 2.19. The minimum Gasteiger partial charge on any atom is -0.378 e. The number of hydrogen-bond acceptors (Lipinski definition) is 3. The molecule has 0 saturated carbocycles. The Labute approximate surface area is 149 Å². The molecule has 0 spiro atoms. The van der Waals surface area contributed by atoms with Gasteiger partial charge in [0.15, 0.2) is 0 Å². The van der Waals surface area contributed by atoms with E-state index in [1.54, 1.807) is 0 Å². The summed E-state index contributed by atoms with van der Waals surface area (Å²) in [6.07, 6.45) is 0. The van der Waals surface area contributed by atoms with Crippen molar-refractivity contribution in [3.63, 3.8) is 0 Å². The van der Waals surface area contributed by atoms with E-state index in [4.69, 9.17) is 0 Å². The summed E-state index contributed by atoms with van der Waals surface area (Å²) in [5, 5.41) is 5.75. The van der Waals surface area contributed by atoms with Gasteiger partial charge in [-0.3, -0.25) is 9.59 Å². The van der Waals surface area contributed by atoms with Gasteiger partial charge < -0.3 is 15.5 Å². The second kappa shape index (κ2) is 8.33. The van der Waals surface area contributed by atoms with Crippen LogP contribution in [0.15, 0.2) is 48.5 Å². The molecule has 2 aromatic rings. The van der Waals surface area contributed by atoms with Gasteiger partial charge in [0, 0.05) is 43.5 Å². The van der Waals surface area contributed by atoms with Crippen LogP contribution in [0.4, 0.5) is 11.4 Å². The summed E-state index contributed by atoms with van der Waals surface area (Å²) in [4.78, 5) is 25.9. The number of nitrogens with one attached hydrogen (secondary N) is 2. The topological polar surface area (TPSA) is 61.4 Å². The van der Waals surface area contributed by atoms with Crippen LogP contribution in [0.3, 0.4) is 0 Å². The zero-order valence-electron chi connectivity index (χ0n) is 15.2. The molecule has 0 aliphatic heterocycles. The Bertz CT molecular complexity index is 720. The summed E-state index contributed by atoms with van der Waals surface area (Å²) in [5.74, 6) is -0.178. The Balaban J connectivity index is 1.90. The van der Waals surface area contributed by atoms with E-state index >= 15 is 0 Å². The summed E-state index contributed by atoms with van der Waals surface area (Å²) < 4.78 is 0. The van der Waals surface area contributed by atoms with E-state index in [-0.39, 0.29) is 17.7 Å². The molecule has 0 aliphatic rings. The maximum absolute atomic E-state index is 12.2. The van der Waals surface area contributed by atoms with Gasteiger partial charge in [-0.2, -0.15) is 0 Å². The van der Waals surface area contributed by atoms with Crippen LogP contribution < -0.4 is 15.5 Å². The first-order valence-electron chi connectivity index (χ1n) is 8.32. The number of carbonyl (C=O) groups excluding carboxylic acids is 2. The summed E-state index contributed by atoms with van der Waals surface area (Å²) in [6, 6.07) is 14.9. The summed E-state index contributed by atoms with van der Waals surface area (Å²) in [6.45, 7) is 4.14. The van der Waals surface area contributed by atoms with Crippen molar-refractivity contribution >= 4 is 23.2 Å². The first-order chi connectivity index (χ1) is 11.9. The molecular weight excluding hydrogens is 314 g/mol. The van der Waals surface area contributed by atoms with Crippen LogP contribution in [0.5, 0.6) is 0 Å². The molecule has 0 aromatic heterocycles. The lowest BCUT2D eigenvalue weighted by Gasteiger charge is -2.13. The highest BCUT2D eigenvalue weighted by atomic mass is 16.2. The van der Waals surface area contributed by atoms with E-state index in [2.05, 4.69) is 10.6 Å². The number of hydrogen-bond donors (Lipinski definition) is 2. The van der Waals surface area contributed by atoms with Crippen LogP contribution >= 0.6 is 0 Å². The van der Waals surface area contributed by atoms with Crippen molar-refractivity contribution < 1.29 is 9.59 Å². The monoisotopic (exact) mass is 339 g/mol. The van der Waals surface area contributed by atoms with Gasteiger partial charge >= 0.3 is 0 Å². The highest BCUT2D eigenvalue weighted by molar-refractivity contribution is 5.94. The number of anilines is 2. The standard InChI is InChI=1S/C20H25N3O2/c1-14(2)19(24)22-17-9-5-15(6-10-17)13-21-20(25)16-7-11-18(12-8-16)23(3)4/h5-12,14H,13H2,1-4H3,(H,21,25)(H,22,24). The van der Waals surface area contributed by atoms with Crippen molar-refractivity contribution in [1.29, 1.82) is 0 Å². The average molecular weight is 339 g/mol. The van der Waals surface area contributed by atoms with Gasteiger partial charge in [-0.15, -0.1) is 0 Å². The molecule has 0 saturated heterocycles. The van der Waals surface area contributed by atoms with Gasteiger partial charge in [0.2, 0.25) is 5.91 Å². The highest BCUT2D eigenvalue weighted by Gasteiger charge is 2.08. The molecule has 0 aliphatic carbocycles. The summed E-state index contributed by atoms with van der Waals surface area (Å²) in [7, 11) is 3.92. The molecule has 25 heavy (non-hydrogen) atoms. The molecule has 2 amide bonds. The van der Waals surface area contributed by atoms with Crippen LogP contribution in [-0.4, -0.2) is 25.9 Å². The van der Waals surface area contributed by atoms with Crippen LogP contribution in [0, 0.1) is 5.92 Å². The number of rotatable bonds is 6. The van der Waals surface area contributed by atoms with E-state index in [0.29, 0.717) is 12.1 Å². The second-order valence-corrected chi connectivity index (χ2v) is 6.46. The van der Waals surface area contributed by atoms with Crippen molar-refractivity contribution in [2.75, 3.05) is 24.3 Å². The second-order valence-electron chi connectivity index (χ2n) is 6.46. The molecule has 0 bridgehead atoms. The number of carbonyl (C=O) groups is 2. The van der Waals surface area contributed by atoms with Gasteiger partial charge in [0.05, 0.1) is 0 Å². The molecule has 0 atom stereocenters. The minimum absolute atomic E-state index is 0.0118. The molecule has 5 nitrogen and oxygen atoms in total. The highest BCUT2D eigenvalue weighted by Crippen LogP contribution is 2.13. The van der Waals surface area contributed by atoms with Crippen molar-refractivity contribution in [3.8, 4) is 0 Å². The molecule has 5 heteroatoms. The quantitative estimate of drug-likeness (QED) is 0.849. The molecule has 2 aromatic carbocycles. The fourth-order valence-electron chi connectivity index (χ4n) is 2.19. The lowest BCUT2D eigenvalue weighted by Crippen LogP contribution is -2.23. The third kappa shape index (κ3) is 5.35.